The van der Waals surface area contributed by atoms with E-state index < -0.39 is 0 Å². The summed E-state index contributed by atoms with van der Waals surface area (Å²) in [5.74, 6) is 6.93. The molecule has 0 saturated heterocycles. The number of carbonyl (C=O) groups excluding carboxylic acids is 1. The number of hydrogen-bond donors (Lipinski definition) is 1. The Kier molecular flexibility index (Phi) is 5.10. The summed E-state index contributed by atoms with van der Waals surface area (Å²) in [5, 5.41) is 3.95. The Labute approximate surface area is 136 Å². The van der Waals surface area contributed by atoms with Crippen LogP contribution in [0.25, 0.3) is 10.9 Å². The highest BCUT2D eigenvalue weighted by Gasteiger charge is 2.21. The SMILES string of the molecule is O=C(NCC#CCOc1ccc2cccnc2c1)C1CCCC1. The zero-order valence-electron chi connectivity index (χ0n) is 13.0. The van der Waals surface area contributed by atoms with Gasteiger partial charge in [-0.3, -0.25) is 9.78 Å². The summed E-state index contributed by atoms with van der Waals surface area (Å²) in [4.78, 5) is 16.1. The van der Waals surface area contributed by atoms with Crippen LogP contribution < -0.4 is 10.1 Å². The highest BCUT2D eigenvalue weighted by molar-refractivity contribution is 5.80. The first kappa shape index (κ1) is 15.4. The van der Waals surface area contributed by atoms with Crippen LogP contribution >= 0.6 is 0 Å². The fourth-order valence-electron chi connectivity index (χ4n) is 2.83. The number of carbonyl (C=O) groups is 1. The van der Waals surface area contributed by atoms with Gasteiger partial charge in [-0.15, -0.1) is 0 Å². The van der Waals surface area contributed by atoms with Crippen LogP contribution in [0.1, 0.15) is 25.7 Å². The monoisotopic (exact) mass is 308 g/mol. The van der Waals surface area contributed by atoms with Crippen LogP contribution in [0.4, 0.5) is 0 Å². The van der Waals surface area contributed by atoms with E-state index in [-0.39, 0.29) is 11.8 Å². The lowest BCUT2D eigenvalue weighted by atomic mass is 10.1. The number of amides is 1. The molecule has 4 nitrogen and oxygen atoms in total. The molecule has 1 aromatic carbocycles. The first-order valence-electron chi connectivity index (χ1n) is 8.04. The van der Waals surface area contributed by atoms with Crippen LogP contribution in [-0.4, -0.2) is 24.0 Å². The Morgan fingerprint density at radius 1 is 1.26 bits per heavy atom. The molecule has 1 saturated carbocycles. The van der Waals surface area contributed by atoms with Crippen LogP contribution in [0.5, 0.6) is 5.75 Å². The van der Waals surface area contributed by atoms with Gasteiger partial charge in [0.05, 0.1) is 12.1 Å². The minimum Gasteiger partial charge on any atom is -0.481 e. The van der Waals surface area contributed by atoms with Crippen molar-refractivity contribution >= 4 is 16.8 Å². The van der Waals surface area contributed by atoms with Gasteiger partial charge < -0.3 is 10.1 Å². The van der Waals surface area contributed by atoms with Crippen LogP contribution in [0.2, 0.25) is 0 Å². The number of rotatable bonds is 4. The summed E-state index contributed by atoms with van der Waals surface area (Å²) in [6, 6.07) is 9.71. The first-order valence-corrected chi connectivity index (χ1v) is 8.04. The Morgan fingerprint density at radius 3 is 3.00 bits per heavy atom. The highest BCUT2D eigenvalue weighted by Crippen LogP contribution is 2.24. The van der Waals surface area contributed by atoms with Gasteiger partial charge in [0.2, 0.25) is 5.91 Å². The molecule has 1 fully saturated rings. The lowest BCUT2D eigenvalue weighted by molar-refractivity contribution is -0.124. The van der Waals surface area contributed by atoms with Crippen LogP contribution in [0, 0.1) is 17.8 Å². The second kappa shape index (κ2) is 7.64. The maximum atomic E-state index is 11.8. The molecule has 0 spiro atoms. The molecule has 23 heavy (non-hydrogen) atoms. The molecular weight excluding hydrogens is 288 g/mol. The third kappa shape index (κ3) is 4.23. The lowest BCUT2D eigenvalue weighted by Gasteiger charge is -2.07. The number of fused-ring (bicyclic) bond motifs is 1. The number of aromatic nitrogens is 1. The molecule has 4 heteroatoms. The number of nitrogens with one attached hydrogen (secondary N) is 1. The van der Waals surface area contributed by atoms with Gasteiger partial charge in [-0.1, -0.05) is 30.7 Å². The molecule has 1 heterocycles. The fourth-order valence-corrected chi connectivity index (χ4v) is 2.83. The maximum Gasteiger partial charge on any atom is 0.223 e. The van der Waals surface area contributed by atoms with E-state index in [9.17, 15) is 4.79 Å². The minimum atomic E-state index is 0.137. The molecule has 2 aromatic rings. The molecule has 3 rings (SSSR count). The van der Waals surface area contributed by atoms with Gasteiger partial charge in [0.25, 0.3) is 0 Å². The van der Waals surface area contributed by atoms with Crippen molar-refractivity contribution in [3.05, 3.63) is 36.5 Å². The number of ether oxygens (including phenoxy) is 1. The van der Waals surface area contributed by atoms with Crippen molar-refractivity contribution in [2.24, 2.45) is 5.92 Å². The first-order chi connectivity index (χ1) is 11.3. The van der Waals surface area contributed by atoms with E-state index >= 15 is 0 Å². The Morgan fingerprint density at radius 2 is 2.13 bits per heavy atom. The van der Waals surface area contributed by atoms with Crippen molar-refractivity contribution in [1.29, 1.82) is 0 Å². The topological polar surface area (TPSA) is 51.2 Å². The quantitative estimate of drug-likeness (QED) is 0.884. The van der Waals surface area contributed by atoms with Crippen LogP contribution in [-0.2, 0) is 4.79 Å². The molecule has 1 N–H and O–H groups in total. The van der Waals surface area contributed by atoms with Gasteiger partial charge in [-0.2, -0.15) is 0 Å². The number of pyridine rings is 1. The van der Waals surface area contributed by atoms with Gasteiger partial charge >= 0.3 is 0 Å². The second-order valence-electron chi connectivity index (χ2n) is 5.70. The van der Waals surface area contributed by atoms with E-state index in [0.29, 0.717) is 13.2 Å². The molecule has 118 valence electrons. The molecular formula is C19H20N2O2. The van der Waals surface area contributed by atoms with Crippen molar-refractivity contribution < 1.29 is 9.53 Å². The number of benzene rings is 1. The maximum absolute atomic E-state index is 11.8. The van der Waals surface area contributed by atoms with E-state index in [4.69, 9.17) is 4.74 Å². The molecule has 1 aromatic heterocycles. The van der Waals surface area contributed by atoms with E-state index in [1.54, 1.807) is 6.20 Å². The van der Waals surface area contributed by atoms with Gasteiger partial charge in [-0.25, -0.2) is 0 Å². The Hall–Kier alpha value is -2.54. The van der Waals surface area contributed by atoms with Gasteiger partial charge in [0.15, 0.2) is 0 Å². The van der Waals surface area contributed by atoms with Gasteiger partial charge in [0.1, 0.15) is 12.4 Å². The predicted octanol–water partition coefficient (Wildman–Crippen LogP) is 2.92. The zero-order valence-corrected chi connectivity index (χ0v) is 13.0. The molecule has 0 aliphatic heterocycles. The van der Waals surface area contributed by atoms with Gasteiger partial charge in [0, 0.05) is 23.6 Å². The van der Waals surface area contributed by atoms with E-state index in [0.717, 1.165) is 42.3 Å². The number of nitrogens with zero attached hydrogens (tertiary/aromatic N) is 1. The summed E-state index contributed by atoms with van der Waals surface area (Å²) < 4.78 is 5.59. The average Bonchev–Trinajstić information content (AvgIpc) is 3.12. The van der Waals surface area contributed by atoms with Crippen molar-refractivity contribution in [2.75, 3.05) is 13.2 Å². The Bertz CT molecular complexity index is 740. The molecule has 1 amide bonds. The molecule has 0 unspecified atom stereocenters. The number of hydrogen-bond acceptors (Lipinski definition) is 3. The molecule has 0 bridgehead atoms. The smallest absolute Gasteiger partial charge is 0.223 e. The largest absolute Gasteiger partial charge is 0.481 e. The predicted molar refractivity (Wildman–Crippen MR) is 90.0 cm³/mol. The third-order valence-corrected chi connectivity index (χ3v) is 4.09. The Balaban J connectivity index is 1.43. The van der Waals surface area contributed by atoms with Crippen molar-refractivity contribution in [3.63, 3.8) is 0 Å². The minimum absolute atomic E-state index is 0.137. The van der Waals surface area contributed by atoms with E-state index in [2.05, 4.69) is 22.1 Å². The summed E-state index contributed by atoms with van der Waals surface area (Å²) in [6.45, 7) is 0.690. The van der Waals surface area contributed by atoms with E-state index in [1.807, 2.05) is 30.3 Å². The lowest BCUT2D eigenvalue weighted by Crippen LogP contribution is -2.29. The molecule has 1 aliphatic rings. The van der Waals surface area contributed by atoms with E-state index in [1.165, 1.54) is 0 Å². The highest BCUT2D eigenvalue weighted by atomic mass is 16.5. The van der Waals surface area contributed by atoms with Crippen molar-refractivity contribution in [3.8, 4) is 17.6 Å². The normalized spacial score (nSPS) is 14.3. The summed E-state index contributed by atoms with van der Waals surface area (Å²) in [5.41, 5.74) is 0.904. The molecule has 1 aliphatic carbocycles. The van der Waals surface area contributed by atoms with Gasteiger partial charge in [-0.05, 0) is 31.0 Å². The zero-order chi connectivity index (χ0) is 15.9. The van der Waals surface area contributed by atoms with Crippen LogP contribution in [0.3, 0.4) is 0 Å². The second-order valence-corrected chi connectivity index (χ2v) is 5.70. The summed E-state index contributed by atoms with van der Waals surface area (Å²) in [7, 11) is 0. The third-order valence-electron chi connectivity index (χ3n) is 4.09. The summed E-state index contributed by atoms with van der Waals surface area (Å²) >= 11 is 0. The van der Waals surface area contributed by atoms with Crippen molar-refractivity contribution in [1.82, 2.24) is 10.3 Å². The molecule has 0 atom stereocenters. The fraction of sp³-hybridized carbons (Fsp3) is 0.368. The molecule has 0 radical (unpaired) electrons. The van der Waals surface area contributed by atoms with Crippen LogP contribution in [0.15, 0.2) is 36.5 Å². The van der Waals surface area contributed by atoms with Crippen molar-refractivity contribution in [2.45, 2.75) is 25.7 Å². The summed E-state index contributed by atoms with van der Waals surface area (Å²) in [6.07, 6.45) is 6.12. The standard InChI is InChI=1S/C19H20N2O2/c22-19(16-6-1-2-7-16)21-11-3-4-13-23-17-10-9-15-8-5-12-20-18(15)14-17/h5,8-10,12,14,16H,1-2,6-7,11,13H2,(H,21,22). The average molecular weight is 308 g/mol.